The van der Waals surface area contributed by atoms with Gasteiger partial charge in [0.05, 0.1) is 11.5 Å². The number of carbonyl (C=O) groups is 1. The van der Waals surface area contributed by atoms with Gasteiger partial charge >= 0.3 is 0 Å². The molecule has 0 radical (unpaired) electrons. The van der Waals surface area contributed by atoms with Crippen molar-refractivity contribution in [3.63, 3.8) is 0 Å². The van der Waals surface area contributed by atoms with Crippen molar-refractivity contribution in [2.45, 2.75) is 31.3 Å². The molecule has 1 amide bonds. The average molecular weight is 460 g/mol. The highest BCUT2D eigenvalue weighted by Crippen LogP contribution is 2.40. The van der Waals surface area contributed by atoms with Gasteiger partial charge in [0, 0.05) is 15.7 Å². The lowest BCUT2D eigenvalue weighted by atomic mass is 10.1. The van der Waals surface area contributed by atoms with E-state index in [4.69, 9.17) is 9.98 Å². The summed E-state index contributed by atoms with van der Waals surface area (Å²) < 4.78 is 14.0. The second-order valence-corrected chi connectivity index (χ2v) is 8.80. The highest BCUT2D eigenvalue weighted by atomic mass is 79.9. The third kappa shape index (κ3) is 4.36. The van der Waals surface area contributed by atoms with E-state index in [0.29, 0.717) is 5.69 Å². The van der Waals surface area contributed by atoms with Gasteiger partial charge in [-0.25, -0.2) is 9.38 Å². The van der Waals surface area contributed by atoms with Crippen LogP contribution in [0.5, 0.6) is 0 Å². The fraction of sp³-hybridized carbons (Fsp3) is 0.286. The number of benzene rings is 2. The largest absolute Gasteiger partial charge is 0.325 e. The van der Waals surface area contributed by atoms with Crippen molar-refractivity contribution in [2.24, 2.45) is 9.98 Å². The Morgan fingerprint density at radius 3 is 2.43 bits per heavy atom. The SMILES string of the molecule is O=C(CSC1=NC2(CCCC2)N=C1c1ccc(Br)cc1)Nc1ccc(F)cc1. The van der Waals surface area contributed by atoms with Gasteiger partial charge in [0.2, 0.25) is 5.91 Å². The Bertz CT molecular complexity index is 935. The lowest BCUT2D eigenvalue weighted by molar-refractivity contribution is -0.113. The number of hydrogen-bond donors (Lipinski definition) is 1. The number of halogens is 2. The lowest BCUT2D eigenvalue weighted by Crippen LogP contribution is -2.17. The minimum atomic E-state index is -0.349. The van der Waals surface area contributed by atoms with Gasteiger partial charge in [0.1, 0.15) is 10.9 Å². The van der Waals surface area contributed by atoms with E-state index >= 15 is 0 Å². The summed E-state index contributed by atoms with van der Waals surface area (Å²) in [5.41, 5.74) is 2.11. The molecule has 0 saturated heterocycles. The van der Waals surface area contributed by atoms with Crippen molar-refractivity contribution in [3.8, 4) is 0 Å². The molecule has 2 aliphatic rings. The molecule has 2 aromatic carbocycles. The fourth-order valence-electron chi connectivity index (χ4n) is 3.45. The van der Waals surface area contributed by atoms with E-state index in [1.165, 1.54) is 23.9 Å². The number of rotatable bonds is 4. The lowest BCUT2D eigenvalue weighted by Gasteiger charge is -2.14. The zero-order chi connectivity index (χ0) is 19.6. The molecule has 1 saturated carbocycles. The number of anilines is 1. The Hall–Kier alpha value is -1.99. The normalized spacial score (nSPS) is 17.5. The van der Waals surface area contributed by atoms with Gasteiger partial charge < -0.3 is 5.32 Å². The first kappa shape index (κ1) is 19.3. The molecule has 1 spiro atoms. The summed E-state index contributed by atoms with van der Waals surface area (Å²) >= 11 is 4.87. The van der Waals surface area contributed by atoms with Crippen LogP contribution < -0.4 is 5.32 Å². The first-order chi connectivity index (χ1) is 13.5. The molecule has 2 aromatic rings. The van der Waals surface area contributed by atoms with E-state index < -0.39 is 0 Å². The van der Waals surface area contributed by atoms with E-state index in [2.05, 4.69) is 21.2 Å². The monoisotopic (exact) mass is 459 g/mol. The van der Waals surface area contributed by atoms with Crippen LogP contribution in [0.2, 0.25) is 0 Å². The van der Waals surface area contributed by atoms with E-state index in [1.54, 1.807) is 12.1 Å². The predicted molar refractivity (Wildman–Crippen MR) is 117 cm³/mol. The molecule has 4 nitrogen and oxygen atoms in total. The summed E-state index contributed by atoms with van der Waals surface area (Å²) in [6.45, 7) is 0. The Morgan fingerprint density at radius 1 is 1.07 bits per heavy atom. The molecule has 1 N–H and O–H groups in total. The Labute approximate surface area is 175 Å². The van der Waals surface area contributed by atoms with Crippen LogP contribution >= 0.6 is 27.7 Å². The van der Waals surface area contributed by atoms with Gasteiger partial charge in [-0.1, -0.05) is 39.8 Å². The molecule has 0 aromatic heterocycles. The molecule has 7 heteroatoms. The third-order valence-electron chi connectivity index (χ3n) is 4.82. The van der Waals surface area contributed by atoms with E-state index in [9.17, 15) is 9.18 Å². The van der Waals surface area contributed by atoms with Crippen LogP contribution in [0.15, 0.2) is 63.0 Å². The summed E-state index contributed by atoms with van der Waals surface area (Å²) in [4.78, 5) is 22.2. The smallest absolute Gasteiger partial charge is 0.234 e. The van der Waals surface area contributed by atoms with Crippen LogP contribution in [0.25, 0.3) is 0 Å². The molecular formula is C21H19BrFN3OS. The minimum Gasteiger partial charge on any atom is -0.325 e. The van der Waals surface area contributed by atoms with Crippen LogP contribution in [0.1, 0.15) is 31.2 Å². The molecule has 0 unspecified atom stereocenters. The zero-order valence-electron chi connectivity index (χ0n) is 15.1. The van der Waals surface area contributed by atoms with E-state index in [-0.39, 0.29) is 23.1 Å². The number of aliphatic imine (C=N–C) groups is 2. The first-order valence-electron chi connectivity index (χ1n) is 9.17. The number of nitrogens with zero attached hydrogens (tertiary/aromatic N) is 2. The quantitative estimate of drug-likeness (QED) is 0.662. The molecule has 28 heavy (non-hydrogen) atoms. The highest BCUT2D eigenvalue weighted by molar-refractivity contribution is 9.10. The molecule has 144 valence electrons. The molecule has 0 bridgehead atoms. The predicted octanol–water partition coefficient (Wildman–Crippen LogP) is 5.43. The Kier molecular flexibility index (Phi) is 5.64. The van der Waals surface area contributed by atoms with Crippen molar-refractivity contribution >= 4 is 50.0 Å². The average Bonchev–Trinajstić information content (AvgIpc) is 3.30. The maximum atomic E-state index is 13.0. The van der Waals surface area contributed by atoms with Crippen LogP contribution in [-0.4, -0.2) is 28.1 Å². The highest BCUT2D eigenvalue weighted by Gasteiger charge is 2.39. The number of nitrogens with one attached hydrogen (secondary N) is 1. The van der Waals surface area contributed by atoms with E-state index in [0.717, 1.165) is 46.5 Å². The first-order valence-corrected chi connectivity index (χ1v) is 11.0. The van der Waals surface area contributed by atoms with Crippen molar-refractivity contribution in [2.75, 3.05) is 11.1 Å². The molecule has 4 rings (SSSR count). The standard InChI is InChI=1S/C21H19BrFN3OS/c22-15-5-3-14(4-6-15)19-20(26-21(25-19)11-1-2-12-21)28-13-18(27)24-17-9-7-16(23)8-10-17/h3-10H,1-2,11-13H2,(H,24,27). The van der Waals surface area contributed by atoms with Crippen LogP contribution in [0, 0.1) is 5.82 Å². The molecule has 1 heterocycles. The van der Waals surface area contributed by atoms with Crippen molar-refractivity contribution in [1.29, 1.82) is 0 Å². The summed E-state index contributed by atoms with van der Waals surface area (Å²) in [6, 6.07) is 13.8. The van der Waals surface area contributed by atoms with Crippen LogP contribution in [0.4, 0.5) is 10.1 Å². The van der Waals surface area contributed by atoms with Gasteiger partial charge in [-0.2, -0.15) is 0 Å². The molecular weight excluding hydrogens is 441 g/mol. The number of hydrogen-bond acceptors (Lipinski definition) is 4. The second-order valence-electron chi connectivity index (χ2n) is 6.92. The third-order valence-corrected chi connectivity index (χ3v) is 6.32. The zero-order valence-corrected chi connectivity index (χ0v) is 17.5. The van der Waals surface area contributed by atoms with Crippen molar-refractivity contribution < 1.29 is 9.18 Å². The topological polar surface area (TPSA) is 53.8 Å². The summed E-state index contributed by atoms with van der Waals surface area (Å²) in [7, 11) is 0. The Morgan fingerprint density at radius 2 is 1.75 bits per heavy atom. The van der Waals surface area contributed by atoms with E-state index in [1.807, 2.05) is 24.3 Å². The number of carbonyl (C=O) groups excluding carboxylic acids is 1. The molecule has 1 aliphatic heterocycles. The van der Waals surface area contributed by atoms with Gasteiger partial charge in [0.15, 0.2) is 5.66 Å². The van der Waals surface area contributed by atoms with Crippen LogP contribution in [-0.2, 0) is 4.79 Å². The Balaban J connectivity index is 1.48. The van der Waals surface area contributed by atoms with Gasteiger partial charge in [-0.05, 0) is 62.1 Å². The van der Waals surface area contributed by atoms with Gasteiger partial charge in [-0.3, -0.25) is 9.79 Å². The minimum absolute atomic E-state index is 0.151. The molecule has 1 aliphatic carbocycles. The number of thioether (sulfide) groups is 1. The molecule has 1 fully saturated rings. The van der Waals surface area contributed by atoms with Gasteiger partial charge in [-0.15, -0.1) is 0 Å². The summed E-state index contributed by atoms with van der Waals surface area (Å²) in [6.07, 6.45) is 4.17. The fourth-order valence-corrected chi connectivity index (χ4v) is 4.59. The molecule has 0 atom stereocenters. The number of amides is 1. The van der Waals surface area contributed by atoms with Crippen molar-refractivity contribution in [1.82, 2.24) is 0 Å². The van der Waals surface area contributed by atoms with Crippen molar-refractivity contribution in [3.05, 3.63) is 64.4 Å². The maximum Gasteiger partial charge on any atom is 0.234 e. The van der Waals surface area contributed by atoms with Crippen LogP contribution in [0.3, 0.4) is 0 Å². The summed E-state index contributed by atoms with van der Waals surface area (Å²) in [5.74, 6) is -0.256. The summed E-state index contributed by atoms with van der Waals surface area (Å²) in [5, 5.41) is 3.61. The second kappa shape index (κ2) is 8.17. The van der Waals surface area contributed by atoms with Gasteiger partial charge in [0.25, 0.3) is 0 Å². The maximum absolute atomic E-state index is 13.0.